The molecule has 4 rings (SSSR count). The lowest BCUT2D eigenvalue weighted by atomic mass is 10.0. The lowest BCUT2D eigenvalue weighted by Gasteiger charge is -2.27. The molecular weight excluding hydrogens is 427 g/mol. The van der Waals surface area contributed by atoms with E-state index < -0.39 is 0 Å². The maximum atomic E-state index is 11.2. The van der Waals surface area contributed by atoms with E-state index in [1.807, 2.05) is 7.05 Å². The van der Waals surface area contributed by atoms with Gasteiger partial charge in [0.25, 0.3) is 0 Å². The van der Waals surface area contributed by atoms with E-state index in [0.29, 0.717) is 52.7 Å². The quantitative estimate of drug-likeness (QED) is 0.577. The monoisotopic (exact) mass is 452 g/mol. The van der Waals surface area contributed by atoms with Gasteiger partial charge in [0, 0.05) is 36.1 Å². The van der Waals surface area contributed by atoms with Crippen LogP contribution in [-0.4, -0.2) is 54.6 Å². The Morgan fingerprint density at radius 2 is 2.07 bits per heavy atom. The Labute approximate surface area is 186 Å². The van der Waals surface area contributed by atoms with Gasteiger partial charge >= 0.3 is 0 Å². The van der Waals surface area contributed by atoms with Gasteiger partial charge in [-0.05, 0) is 25.7 Å². The Hall–Kier alpha value is -2.13. The topological polar surface area (TPSA) is 105 Å². The summed E-state index contributed by atoms with van der Waals surface area (Å²) >= 11 is 12.7. The van der Waals surface area contributed by atoms with Crippen molar-refractivity contribution in [1.29, 1.82) is 0 Å². The van der Waals surface area contributed by atoms with Crippen molar-refractivity contribution in [2.45, 2.75) is 20.0 Å². The van der Waals surface area contributed by atoms with Crippen molar-refractivity contribution in [3.05, 3.63) is 33.4 Å². The number of nitrogens with one attached hydrogen (secondary N) is 2. The minimum Gasteiger partial charge on any atom is -0.492 e. The molecule has 162 valence electrons. The van der Waals surface area contributed by atoms with Gasteiger partial charge in [0.1, 0.15) is 5.75 Å². The van der Waals surface area contributed by atoms with Gasteiger partial charge in [0.05, 0.1) is 35.1 Å². The van der Waals surface area contributed by atoms with E-state index in [0.717, 1.165) is 37.3 Å². The molecule has 0 saturated carbocycles. The number of nitrogens with two attached hydrogens (primary N) is 1. The number of hydrogen-bond acceptors (Lipinski definition) is 7. The molecule has 0 aliphatic carbocycles. The Morgan fingerprint density at radius 1 is 1.33 bits per heavy atom. The van der Waals surface area contributed by atoms with Crippen LogP contribution in [0, 0.1) is 5.92 Å². The molecule has 0 atom stereocenters. The normalized spacial score (nSPS) is 15.1. The number of carbonyl (C=O) groups excluding carboxylic acids is 1. The number of anilines is 1. The predicted molar refractivity (Wildman–Crippen MR) is 119 cm³/mol. The fourth-order valence-corrected chi connectivity index (χ4v) is 3.71. The smallest absolute Gasteiger partial charge is 0.220 e. The molecular formula is C20H26Cl2N6O2. The van der Waals surface area contributed by atoms with E-state index in [-0.39, 0.29) is 5.95 Å². The average molecular weight is 453 g/mol. The maximum Gasteiger partial charge on any atom is 0.220 e. The summed E-state index contributed by atoms with van der Waals surface area (Å²) in [6.07, 6.45) is 0.784. The van der Waals surface area contributed by atoms with Gasteiger partial charge in [-0.25, -0.2) is 9.97 Å². The molecule has 0 unspecified atom stereocenters. The predicted octanol–water partition coefficient (Wildman–Crippen LogP) is 2.33. The SMILES string of the molecule is CCNC.Nc1nc2c(c(-c3c(Cl)cc(Cl)cc3OCC3CNC3)n1)CN(C=O)C2. The third kappa shape index (κ3) is 5.13. The van der Waals surface area contributed by atoms with Crippen LogP contribution >= 0.6 is 23.2 Å². The number of carbonyl (C=O) groups is 1. The first-order chi connectivity index (χ1) is 14.5. The van der Waals surface area contributed by atoms with E-state index in [2.05, 4.69) is 27.5 Å². The van der Waals surface area contributed by atoms with E-state index in [4.69, 9.17) is 33.7 Å². The Morgan fingerprint density at radius 3 is 2.67 bits per heavy atom. The summed E-state index contributed by atoms with van der Waals surface area (Å²) < 4.78 is 6.02. The van der Waals surface area contributed by atoms with Crippen LogP contribution in [0.25, 0.3) is 11.3 Å². The standard InChI is InChI=1S/C17H17Cl2N5O2.C3H9N/c18-10-1-12(19)15(14(2-10)26-7-9-3-21-4-9)16-11-5-24(8-25)6-13(11)22-17(20)23-16;1-3-4-2/h1-2,8-9,21H,3-7H2,(H2,20,22,23);4H,3H2,1-2H3. The molecule has 2 aliphatic rings. The highest BCUT2D eigenvalue weighted by Crippen LogP contribution is 2.42. The molecule has 30 heavy (non-hydrogen) atoms. The van der Waals surface area contributed by atoms with Crippen LogP contribution in [0.1, 0.15) is 18.2 Å². The van der Waals surface area contributed by atoms with Crippen LogP contribution in [0.15, 0.2) is 12.1 Å². The van der Waals surface area contributed by atoms with Crippen LogP contribution in [0.5, 0.6) is 5.75 Å². The number of halogens is 2. The van der Waals surface area contributed by atoms with Crippen LogP contribution in [0.2, 0.25) is 10.0 Å². The first kappa shape index (κ1) is 22.6. The van der Waals surface area contributed by atoms with Gasteiger partial charge in [-0.15, -0.1) is 0 Å². The summed E-state index contributed by atoms with van der Waals surface area (Å²) in [5.41, 5.74) is 8.65. The minimum atomic E-state index is 0.131. The van der Waals surface area contributed by atoms with Crippen molar-refractivity contribution >= 4 is 35.6 Å². The zero-order valence-electron chi connectivity index (χ0n) is 17.0. The molecule has 1 amide bonds. The van der Waals surface area contributed by atoms with Gasteiger partial charge in [-0.1, -0.05) is 30.1 Å². The average Bonchev–Trinajstić information content (AvgIpc) is 3.09. The third-order valence-corrected chi connectivity index (χ3v) is 5.44. The summed E-state index contributed by atoms with van der Waals surface area (Å²) in [6.45, 7) is 6.34. The zero-order valence-corrected chi connectivity index (χ0v) is 18.6. The molecule has 2 aromatic rings. The molecule has 10 heteroatoms. The van der Waals surface area contributed by atoms with Gasteiger partial charge < -0.3 is 26.0 Å². The van der Waals surface area contributed by atoms with Crippen LogP contribution < -0.4 is 21.1 Å². The van der Waals surface area contributed by atoms with E-state index in [1.165, 1.54) is 0 Å². The van der Waals surface area contributed by atoms with Crippen molar-refractivity contribution in [2.24, 2.45) is 5.92 Å². The molecule has 0 spiro atoms. The molecule has 1 aromatic heterocycles. The number of hydrogen-bond donors (Lipinski definition) is 3. The second-order valence-corrected chi connectivity index (χ2v) is 8.01. The summed E-state index contributed by atoms with van der Waals surface area (Å²) in [5.74, 6) is 1.14. The van der Waals surface area contributed by atoms with Crippen LogP contribution in [-0.2, 0) is 17.9 Å². The second kappa shape index (κ2) is 10.3. The number of nitrogens with zero attached hydrogens (tertiary/aromatic N) is 3. The molecule has 3 heterocycles. The molecule has 1 saturated heterocycles. The Balaban J connectivity index is 0.000000589. The van der Waals surface area contributed by atoms with Gasteiger partial charge in [0.15, 0.2) is 0 Å². The fourth-order valence-electron chi connectivity index (χ4n) is 3.15. The van der Waals surface area contributed by atoms with Crippen molar-refractivity contribution in [1.82, 2.24) is 25.5 Å². The minimum absolute atomic E-state index is 0.131. The number of fused-ring (bicyclic) bond motifs is 1. The maximum absolute atomic E-state index is 11.2. The summed E-state index contributed by atoms with van der Waals surface area (Å²) in [4.78, 5) is 21.4. The summed E-state index contributed by atoms with van der Waals surface area (Å²) in [5, 5.41) is 7.04. The lowest BCUT2D eigenvalue weighted by Crippen LogP contribution is -2.45. The van der Waals surface area contributed by atoms with Gasteiger partial charge in [0.2, 0.25) is 12.4 Å². The molecule has 1 fully saturated rings. The largest absolute Gasteiger partial charge is 0.492 e. The molecule has 0 bridgehead atoms. The molecule has 8 nitrogen and oxygen atoms in total. The molecule has 0 radical (unpaired) electrons. The first-order valence-electron chi connectivity index (χ1n) is 9.78. The first-order valence-corrected chi connectivity index (χ1v) is 10.5. The fraction of sp³-hybridized carbons (Fsp3) is 0.450. The summed E-state index contributed by atoms with van der Waals surface area (Å²) in [7, 11) is 1.93. The number of ether oxygens (including phenoxy) is 1. The van der Waals surface area contributed by atoms with Crippen molar-refractivity contribution in [3.8, 4) is 17.0 Å². The van der Waals surface area contributed by atoms with Gasteiger partial charge in [-0.3, -0.25) is 4.79 Å². The number of aromatic nitrogens is 2. The van der Waals surface area contributed by atoms with E-state index in [9.17, 15) is 4.79 Å². The third-order valence-electron chi connectivity index (χ3n) is 4.92. The van der Waals surface area contributed by atoms with Crippen LogP contribution in [0.4, 0.5) is 5.95 Å². The van der Waals surface area contributed by atoms with Gasteiger partial charge in [-0.2, -0.15) is 0 Å². The highest BCUT2D eigenvalue weighted by molar-refractivity contribution is 6.37. The van der Waals surface area contributed by atoms with Crippen molar-refractivity contribution in [2.75, 3.05) is 39.0 Å². The highest BCUT2D eigenvalue weighted by Gasteiger charge is 2.28. The second-order valence-electron chi connectivity index (χ2n) is 7.17. The summed E-state index contributed by atoms with van der Waals surface area (Å²) in [6, 6.07) is 3.37. The van der Waals surface area contributed by atoms with E-state index in [1.54, 1.807) is 17.0 Å². The highest BCUT2D eigenvalue weighted by atomic mass is 35.5. The number of rotatable bonds is 6. The van der Waals surface area contributed by atoms with Crippen LogP contribution in [0.3, 0.4) is 0 Å². The van der Waals surface area contributed by atoms with Crippen molar-refractivity contribution in [3.63, 3.8) is 0 Å². The van der Waals surface area contributed by atoms with Crippen molar-refractivity contribution < 1.29 is 9.53 Å². The Kier molecular flexibility index (Phi) is 7.71. The molecule has 1 aromatic carbocycles. The number of benzene rings is 1. The lowest BCUT2D eigenvalue weighted by molar-refractivity contribution is -0.118. The zero-order chi connectivity index (χ0) is 21.7. The number of nitrogen functional groups attached to an aromatic ring is 1. The number of amides is 1. The van der Waals surface area contributed by atoms with E-state index >= 15 is 0 Å². The Bertz CT molecular complexity index is 905. The molecule has 2 aliphatic heterocycles. The molecule has 4 N–H and O–H groups in total.